The van der Waals surface area contributed by atoms with Crippen LogP contribution in [-0.2, 0) is 0 Å². The molecule has 11 heavy (non-hydrogen) atoms. The van der Waals surface area contributed by atoms with E-state index < -0.39 is 0 Å². The fraction of sp³-hybridized carbons (Fsp3) is 1.00. The molecule has 0 saturated carbocycles. The van der Waals surface area contributed by atoms with Crippen molar-refractivity contribution in [3.05, 3.63) is 0 Å². The van der Waals surface area contributed by atoms with Crippen molar-refractivity contribution in [3.8, 4) is 0 Å². The first kappa shape index (κ1) is 8.97. The Morgan fingerprint density at radius 1 is 1.64 bits per heavy atom. The maximum Gasteiger partial charge on any atom is 0.0719 e. The Kier molecular flexibility index (Phi) is 3.30. The first-order valence-corrected chi connectivity index (χ1v) is 4.38. The van der Waals surface area contributed by atoms with Crippen LogP contribution >= 0.6 is 0 Å². The van der Waals surface area contributed by atoms with Gasteiger partial charge in [-0.25, -0.2) is 0 Å². The Morgan fingerprint density at radius 3 is 2.82 bits per heavy atom. The van der Waals surface area contributed by atoms with Gasteiger partial charge < -0.3 is 15.7 Å². The summed E-state index contributed by atoms with van der Waals surface area (Å²) < 4.78 is 0. The molecule has 0 spiro atoms. The molecule has 0 aromatic carbocycles. The number of aliphatic hydroxyl groups is 1. The van der Waals surface area contributed by atoms with E-state index in [0.717, 1.165) is 19.6 Å². The van der Waals surface area contributed by atoms with Gasteiger partial charge in [0.15, 0.2) is 0 Å². The van der Waals surface area contributed by atoms with E-state index in [1.54, 1.807) is 0 Å². The Morgan fingerprint density at radius 2 is 2.36 bits per heavy atom. The van der Waals surface area contributed by atoms with Gasteiger partial charge in [-0.3, -0.25) is 0 Å². The van der Waals surface area contributed by atoms with Crippen LogP contribution in [0.2, 0.25) is 0 Å². The highest BCUT2D eigenvalue weighted by Crippen LogP contribution is 2.12. The quantitative estimate of drug-likeness (QED) is 0.522. The Bertz CT molecular complexity index is 119. The van der Waals surface area contributed by atoms with Crippen LogP contribution in [-0.4, -0.2) is 36.9 Å². The van der Waals surface area contributed by atoms with Gasteiger partial charge in [0.1, 0.15) is 0 Å². The van der Waals surface area contributed by atoms with Crippen LogP contribution < -0.4 is 10.6 Å². The second-order valence-corrected chi connectivity index (χ2v) is 3.24. The highest BCUT2D eigenvalue weighted by Gasteiger charge is 2.28. The molecule has 3 N–H and O–H groups in total. The molecule has 0 aromatic heterocycles. The first-order chi connectivity index (χ1) is 5.25. The maximum atomic E-state index is 9.48. The van der Waals surface area contributed by atoms with E-state index >= 15 is 0 Å². The third-order valence-corrected chi connectivity index (χ3v) is 2.40. The summed E-state index contributed by atoms with van der Waals surface area (Å²) >= 11 is 0. The van der Waals surface area contributed by atoms with Gasteiger partial charge >= 0.3 is 0 Å². The molecule has 1 fully saturated rings. The third kappa shape index (κ3) is 2.15. The lowest BCUT2D eigenvalue weighted by molar-refractivity contribution is 0.128. The summed E-state index contributed by atoms with van der Waals surface area (Å²) in [6.07, 6.45) is -0.163. The average molecular weight is 158 g/mol. The maximum absolute atomic E-state index is 9.48. The van der Waals surface area contributed by atoms with Crippen LogP contribution in [0.5, 0.6) is 0 Å². The molecule has 66 valence electrons. The zero-order valence-electron chi connectivity index (χ0n) is 7.30. The summed E-state index contributed by atoms with van der Waals surface area (Å²) in [5.41, 5.74) is 0. The molecule has 1 aliphatic heterocycles. The number of nitrogens with one attached hydrogen (secondary N) is 2. The molecule has 3 unspecified atom stereocenters. The highest BCUT2D eigenvalue weighted by molar-refractivity contribution is 4.86. The van der Waals surface area contributed by atoms with Crippen molar-refractivity contribution in [3.63, 3.8) is 0 Å². The summed E-state index contributed by atoms with van der Waals surface area (Å²) in [4.78, 5) is 0. The van der Waals surface area contributed by atoms with E-state index in [4.69, 9.17) is 0 Å². The van der Waals surface area contributed by atoms with E-state index in [1.165, 1.54) is 0 Å². The van der Waals surface area contributed by atoms with E-state index in [1.807, 2.05) is 0 Å². The van der Waals surface area contributed by atoms with Crippen LogP contribution in [0.25, 0.3) is 0 Å². The van der Waals surface area contributed by atoms with Gasteiger partial charge in [-0.05, 0) is 13.5 Å². The van der Waals surface area contributed by atoms with Gasteiger partial charge in [-0.2, -0.15) is 0 Å². The molecule has 0 bridgehead atoms. The second-order valence-electron chi connectivity index (χ2n) is 3.24. The fourth-order valence-corrected chi connectivity index (χ4v) is 1.67. The smallest absolute Gasteiger partial charge is 0.0719 e. The van der Waals surface area contributed by atoms with Gasteiger partial charge in [0, 0.05) is 25.0 Å². The van der Waals surface area contributed by atoms with Crippen LogP contribution in [0.1, 0.15) is 13.8 Å². The average Bonchev–Trinajstić information content (AvgIpc) is 2.36. The molecule has 1 aliphatic rings. The lowest BCUT2D eigenvalue weighted by atomic mass is 9.98. The summed E-state index contributed by atoms with van der Waals surface area (Å²) in [6.45, 7) is 6.88. The van der Waals surface area contributed by atoms with Gasteiger partial charge in [0.25, 0.3) is 0 Å². The minimum absolute atomic E-state index is 0.163. The van der Waals surface area contributed by atoms with Crippen molar-refractivity contribution in [1.29, 1.82) is 0 Å². The Balaban J connectivity index is 2.33. The minimum Gasteiger partial charge on any atom is -0.391 e. The molecular weight excluding hydrogens is 140 g/mol. The number of rotatable bonds is 3. The lowest BCUT2D eigenvalue weighted by Crippen LogP contribution is -2.39. The summed E-state index contributed by atoms with van der Waals surface area (Å²) in [5.74, 6) is 0.384. The Hall–Kier alpha value is -0.120. The highest BCUT2D eigenvalue weighted by atomic mass is 16.3. The topological polar surface area (TPSA) is 44.3 Å². The normalized spacial score (nSPS) is 34.1. The standard InChI is InChI=1S/C8H18N2O/c1-3-10-6(2)7-4-9-5-8(7)11/h6-11H,3-5H2,1-2H3. The van der Waals surface area contributed by atoms with Gasteiger partial charge in [0.05, 0.1) is 6.10 Å². The predicted molar refractivity (Wildman–Crippen MR) is 45.5 cm³/mol. The van der Waals surface area contributed by atoms with Gasteiger partial charge in [-0.15, -0.1) is 0 Å². The zero-order chi connectivity index (χ0) is 8.27. The predicted octanol–water partition coefficient (Wildman–Crippen LogP) is -0.435. The molecule has 0 amide bonds. The number of β-amino-alcohol motifs (C(OH)–C–C–N with tert-alkyl or cyclic N) is 1. The van der Waals surface area contributed by atoms with Crippen LogP contribution in [0.15, 0.2) is 0 Å². The minimum atomic E-state index is -0.163. The van der Waals surface area contributed by atoms with Crippen LogP contribution in [0.4, 0.5) is 0 Å². The van der Waals surface area contributed by atoms with Gasteiger partial charge in [0.2, 0.25) is 0 Å². The molecule has 0 aromatic rings. The first-order valence-electron chi connectivity index (χ1n) is 4.38. The number of hydrogen-bond acceptors (Lipinski definition) is 3. The Labute approximate surface area is 68.2 Å². The second kappa shape index (κ2) is 4.04. The van der Waals surface area contributed by atoms with Crippen molar-refractivity contribution in [1.82, 2.24) is 10.6 Å². The van der Waals surface area contributed by atoms with E-state index in [0.29, 0.717) is 12.0 Å². The summed E-state index contributed by atoms with van der Waals surface area (Å²) in [5, 5.41) is 16.0. The number of hydrogen-bond donors (Lipinski definition) is 3. The SMILES string of the molecule is CCNC(C)C1CNCC1O. The van der Waals surface area contributed by atoms with E-state index in [-0.39, 0.29) is 6.10 Å². The van der Waals surface area contributed by atoms with Crippen LogP contribution in [0.3, 0.4) is 0 Å². The molecule has 3 heteroatoms. The van der Waals surface area contributed by atoms with Crippen molar-refractivity contribution in [2.24, 2.45) is 5.92 Å². The molecule has 1 saturated heterocycles. The largest absolute Gasteiger partial charge is 0.391 e. The van der Waals surface area contributed by atoms with E-state index in [9.17, 15) is 5.11 Å². The molecule has 1 heterocycles. The number of aliphatic hydroxyl groups excluding tert-OH is 1. The monoisotopic (exact) mass is 158 g/mol. The lowest BCUT2D eigenvalue weighted by Gasteiger charge is -2.21. The molecule has 0 radical (unpaired) electrons. The molecule has 3 atom stereocenters. The van der Waals surface area contributed by atoms with E-state index in [2.05, 4.69) is 24.5 Å². The van der Waals surface area contributed by atoms with Gasteiger partial charge in [-0.1, -0.05) is 6.92 Å². The zero-order valence-corrected chi connectivity index (χ0v) is 7.30. The van der Waals surface area contributed by atoms with Crippen molar-refractivity contribution in [2.75, 3.05) is 19.6 Å². The molecule has 1 rings (SSSR count). The molecule has 0 aliphatic carbocycles. The van der Waals surface area contributed by atoms with Crippen LogP contribution in [0, 0.1) is 5.92 Å². The fourth-order valence-electron chi connectivity index (χ4n) is 1.67. The summed E-state index contributed by atoms with van der Waals surface area (Å²) in [6, 6.07) is 0.421. The molecular formula is C8H18N2O. The van der Waals surface area contributed by atoms with Crippen molar-refractivity contribution >= 4 is 0 Å². The third-order valence-electron chi connectivity index (χ3n) is 2.40. The molecule has 3 nitrogen and oxygen atoms in total. The van der Waals surface area contributed by atoms with Crippen molar-refractivity contribution < 1.29 is 5.11 Å². The summed E-state index contributed by atoms with van der Waals surface area (Å²) in [7, 11) is 0. The van der Waals surface area contributed by atoms with Crippen molar-refractivity contribution in [2.45, 2.75) is 26.0 Å².